The quantitative estimate of drug-likeness (QED) is 0.778. The highest BCUT2D eigenvalue weighted by molar-refractivity contribution is 9.10. The zero-order valence-electron chi connectivity index (χ0n) is 12.4. The van der Waals surface area contributed by atoms with E-state index in [4.69, 9.17) is 16.3 Å². The molecule has 0 saturated carbocycles. The molecule has 2 aromatic carbocycles. The van der Waals surface area contributed by atoms with Crippen LogP contribution in [0.4, 0.5) is 0 Å². The van der Waals surface area contributed by atoms with Crippen LogP contribution < -0.4 is 5.32 Å². The van der Waals surface area contributed by atoms with Crippen LogP contribution in [-0.2, 0) is 16.1 Å². The van der Waals surface area contributed by atoms with Gasteiger partial charge in [-0.05, 0) is 48.9 Å². The van der Waals surface area contributed by atoms with E-state index in [9.17, 15) is 9.59 Å². The highest BCUT2D eigenvalue weighted by Crippen LogP contribution is 2.12. The Kier molecular flexibility index (Phi) is 6.19. The molecule has 4 nitrogen and oxygen atoms in total. The standard InChI is InChI=1S/C17H15BrClNO3/c1-11(20-16(21)13-4-8-15(19)9-5-13)17(22)23-10-12-2-6-14(18)7-3-12/h2-9,11H,10H2,1H3,(H,20,21)/t11-/m0/s1. The average Bonchev–Trinajstić information content (AvgIpc) is 2.54. The van der Waals surface area contributed by atoms with Gasteiger partial charge < -0.3 is 10.1 Å². The number of benzene rings is 2. The van der Waals surface area contributed by atoms with Crippen LogP contribution in [0.2, 0.25) is 5.02 Å². The van der Waals surface area contributed by atoms with Gasteiger partial charge in [-0.25, -0.2) is 4.79 Å². The first kappa shape index (κ1) is 17.5. The summed E-state index contributed by atoms with van der Waals surface area (Å²) in [4.78, 5) is 24.0. The van der Waals surface area contributed by atoms with Crippen molar-refractivity contribution in [3.63, 3.8) is 0 Å². The van der Waals surface area contributed by atoms with Gasteiger partial charge in [-0.15, -0.1) is 0 Å². The molecule has 1 atom stereocenters. The molecular formula is C17H15BrClNO3. The van der Waals surface area contributed by atoms with E-state index in [-0.39, 0.29) is 12.5 Å². The summed E-state index contributed by atoms with van der Waals surface area (Å²) in [7, 11) is 0. The second kappa shape index (κ2) is 8.13. The molecular weight excluding hydrogens is 382 g/mol. The maximum Gasteiger partial charge on any atom is 0.328 e. The van der Waals surface area contributed by atoms with Gasteiger partial charge in [0.25, 0.3) is 5.91 Å². The molecule has 2 aromatic rings. The van der Waals surface area contributed by atoms with Crippen molar-refractivity contribution in [1.82, 2.24) is 5.32 Å². The Hall–Kier alpha value is -1.85. The first-order valence-electron chi connectivity index (χ1n) is 6.93. The van der Waals surface area contributed by atoms with Crippen molar-refractivity contribution < 1.29 is 14.3 Å². The minimum atomic E-state index is -0.742. The van der Waals surface area contributed by atoms with Gasteiger partial charge in [-0.2, -0.15) is 0 Å². The van der Waals surface area contributed by atoms with Gasteiger partial charge in [0, 0.05) is 15.1 Å². The molecule has 0 bridgehead atoms. The summed E-state index contributed by atoms with van der Waals surface area (Å²) in [5.41, 5.74) is 1.31. The molecule has 120 valence electrons. The Balaban J connectivity index is 1.85. The molecule has 0 aliphatic heterocycles. The molecule has 23 heavy (non-hydrogen) atoms. The number of halogens is 2. The van der Waals surface area contributed by atoms with Crippen molar-refractivity contribution in [2.45, 2.75) is 19.6 Å². The topological polar surface area (TPSA) is 55.4 Å². The number of hydrogen-bond acceptors (Lipinski definition) is 3. The lowest BCUT2D eigenvalue weighted by Gasteiger charge is -2.13. The van der Waals surface area contributed by atoms with Gasteiger partial charge in [-0.1, -0.05) is 39.7 Å². The van der Waals surface area contributed by atoms with Gasteiger partial charge in [0.15, 0.2) is 0 Å². The van der Waals surface area contributed by atoms with Crippen LogP contribution >= 0.6 is 27.5 Å². The van der Waals surface area contributed by atoms with E-state index in [0.29, 0.717) is 10.6 Å². The summed E-state index contributed by atoms with van der Waals surface area (Å²) >= 11 is 9.11. The van der Waals surface area contributed by atoms with E-state index in [1.54, 1.807) is 31.2 Å². The van der Waals surface area contributed by atoms with Crippen molar-refractivity contribution in [2.75, 3.05) is 0 Å². The number of ether oxygens (including phenoxy) is 1. The zero-order chi connectivity index (χ0) is 16.8. The Morgan fingerprint density at radius 1 is 1.13 bits per heavy atom. The number of esters is 1. The van der Waals surface area contributed by atoms with E-state index in [1.165, 1.54) is 0 Å². The zero-order valence-corrected chi connectivity index (χ0v) is 14.7. The lowest BCUT2D eigenvalue weighted by molar-refractivity contribution is -0.146. The summed E-state index contributed by atoms with van der Waals surface area (Å²) in [6.45, 7) is 1.74. The first-order valence-corrected chi connectivity index (χ1v) is 8.10. The number of amides is 1. The lowest BCUT2D eigenvalue weighted by atomic mass is 10.2. The molecule has 0 aromatic heterocycles. The predicted molar refractivity (Wildman–Crippen MR) is 92.3 cm³/mol. The fourth-order valence-electron chi connectivity index (χ4n) is 1.80. The third kappa shape index (κ3) is 5.37. The molecule has 2 rings (SSSR count). The van der Waals surface area contributed by atoms with Gasteiger partial charge >= 0.3 is 5.97 Å². The Bertz CT molecular complexity index is 686. The van der Waals surface area contributed by atoms with Crippen LogP contribution in [0.5, 0.6) is 0 Å². The summed E-state index contributed by atoms with van der Waals surface area (Å²) in [5.74, 6) is -0.843. The van der Waals surface area contributed by atoms with Crippen molar-refractivity contribution >= 4 is 39.4 Å². The number of carbonyl (C=O) groups excluding carboxylic acids is 2. The Morgan fingerprint density at radius 2 is 1.74 bits per heavy atom. The van der Waals surface area contributed by atoms with E-state index in [1.807, 2.05) is 24.3 Å². The third-order valence-corrected chi connectivity index (χ3v) is 3.88. The lowest BCUT2D eigenvalue weighted by Crippen LogP contribution is -2.39. The second-order valence-corrected chi connectivity index (χ2v) is 6.29. The van der Waals surface area contributed by atoms with Crippen LogP contribution in [0.1, 0.15) is 22.8 Å². The Labute approximate surface area is 147 Å². The van der Waals surface area contributed by atoms with Crippen molar-refractivity contribution in [2.24, 2.45) is 0 Å². The minimum Gasteiger partial charge on any atom is -0.459 e. The summed E-state index contributed by atoms with van der Waals surface area (Å²) in [6, 6.07) is 13.1. The third-order valence-electron chi connectivity index (χ3n) is 3.10. The fraction of sp³-hybridized carbons (Fsp3) is 0.176. The van der Waals surface area contributed by atoms with Crippen LogP contribution in [0.3, 0.4) is 0 Å². The number of rotatable bonds is 5. The Morgan fingerprint density at radius 3 is 2.35 bits per heavy atom. The van der Waals surface area contributed by atoms with Crippen molar-refractivity contribution in [3.05, 3.63) is 69.2 Å². The first-order chi connectivity index (χ1) is 11.0. The smallest absolute Gasteiger partial charge is 0.328 e. The molecule has 0 fully saturated rings. The van der Waals surface area contributed by atoms with Crippen LogP contribution in [-0.4, -0.2) is 17.9 Å². The number of carbonyl (C=O) groups is 2. The van der Waals surface area contributed by atoms with Gasteiger partial charge in [0.05, 0.1) is 0 Å². The number of nitrogens with one attached hydrogen (secondary N) is 1. The predicted octanol–water partition coefficient (Wildman–Crippen LogP) is 3.96. The molecule has 0 aliphatic carbocycles. The molecule has 0 heterocycles. The van der Waals surface area contributed by atoms with E-state index < -0.39 is 12.0 Å². The van der Waals surface area contributed by atoms with Gasteiger partial charge in [-0.3, -0.25) is 4.79 Å². The SMILES string of the molecule is C[C@H](NC(=O)c1ccc(Cl)cc1)C(=O)OCc1ccc(Br)cc1. The van der Waals surface area contributed by atoms with Crippen LogP contribution in [0, 0.1) is 0 Å². The van der Waals surface area contributed by atoms with E-state index in [2.05, 4.69) is 21.2 Å². The fourth-order valence-corrected chi connectivity index (χ4v) is 2.19. The van der Waals surface area contributed by atoms with Crippen LogP contribution in [0.25, 0.3) is 0 Å². The molecule has 0 radical (unpaired) electrons. The van der Waals surface area contributed by atoms with Gasteiger partial charge in [0.1, 0.15) is 12.6 Å². The maximum absolute atomic E-state index is 12.0. The maximum atomic E-state index is 12.0. The molecule has 0 aliphatic rings. The largest absolute Gasteiger partial charge is 0.459 e. The van der Waals surface area contributed by atoms with E-state index >= 15 is 0 Å². The summed E-state index contributed by atoms with van der Waals surface area (Å²) < 4.78 is 6.15. The van der Waals surface area contributed by atoms with E-state index in [0.717, 1.165) is 10.0 Å². The molecule has 0 saturated heterocycles. The minimum absolute atomic E-state index is 0.160. The summed E-state index contributed by atoms with van der Waals surface area (Å²) in [5, 5.41) is 3.14. The molecule has 0 spiro atoms. The highest BCUT2D eigenvalue weighted by atomic mass is 79.9. The van der Waals surface area contributed by atoms with Crippen LogP contribution in [0.15, 0.2) is 53.0 Å². The second-order valence-electron chi connectivity index (χ2n) is 4.94. The molecule has 1 amide bonds. The average molecular weight is 397 g/mol. The molecule has 0 unspecified atom stereocenters. The highest BCUT2D eigenvalue weighted by Gasteiger charge is 2.18. The summed E-state index contributed by atoms with van der Waals surface area (Å²) in [6.07, 6.45) is 0. The molecule has 1 N–H and O–H groups in total. The van der Waals surface area contributed by atoms with Crippen molar-refractivity contribution in [1.29, 1.82) is 0 Å². The normalized spacial score (nSPS) is 11.6. The van der Waals surface area contributed by atoms with Crippen molar-refractivity contribution in [3.8, 4) is 0 Å². The monoisotopic (exact) mass is 395 g/mol. The molecule has 6 heteroatoms. The number of hydrogen-bond donors (Lipinski definition) is 1. The van der Waals surface area contributed by atoms with Gasteiger partial charge in [0.2, 0.25) is 0 Å².